The number of phenolic OH excluding ortho intramolecular Hbond substituents is 1. The number of phenols is 1. The van der Waals surface area contributed by atoms with Crippen molar-refractivity contribution in [1.29, 1.82) is 0 Å². The van der Waals surface area contributed by atoms with Crippen LogP contribution < -0.4 is 15.1 Å². The highest BCUT2D eigenvalue weighted by Gasteiger charge is 2.45. The number of nitrogens with zero attached hydrogens (tertiary/aromatic N) is 3. The Bertz CT molecular complexity index is 1400. The van der Waals surface area contributed by atoms with E-state index in [4.69, 9.17) is 9.15 Å². The minimum Gasteiger partial charge on any atom is -0.504 e. The molecule has 1 aliphatic rings. The molecule has 9 heteroatoms. The lowest BCUT2D eigenvalue weighted by Gasteiger charge is -2.23. The summed E-state index contributed by atoms with van der Waals surface area (Å²) in [4.78, 5) is 36.6. The number of halogens is 1. The van der Waals surface area contributed by atoms with Crippen LogP contribution in [0.3, 0.4) is 0 Å². The first kappa shape index (κ1) is 19.3. The van der Waals surface area contributed by atoms with E-state index in [-0.39, 0.29) is 34.2 Å². The van der Waals surface area contributed by atoms with Crippen LogP contribution in [0.25, 0.3) is 11.0 Å². The molecule has 0 bridgehead atoms. The molecule has 154 valence electrons. The monoisotopic (exact) mass is 479 g/mol. The quantitative estimate of drug-likeness (QED) is 0.476. The van der Waals surface area contributed by atoms with Gasteiger partial charge in [-0.25, -0.2) is 9.97 Å². The summed E-state index contributed by atoms with van der Waals surface area (Å²) in [6.45, 7) is 0. The van der Waals surface area contributed by atoms with Crippen LogP contribution in [0, 0.1) is 0 Å². The van der Waals surface area contributed by atoms with Crippen LogP contribution in [0.4, 0.5) is 5.95 Å². The molecule has 1 atom stereocenters. The molecular formula is C22H14BrN3O5. The van der Waals surface area contributed by atoms with E-state index in [1.165, 1.54) is 30.5 Å². The van der Waals surface area contributed by atoms with Crippen LogP contribution in [0.15, 0.2) is 68.5 Å². The van der Waals surface area contributed by atoms with Gasteiger partial charge in [0.15, 0.2) is 16.9 Å². The summed E-state index contributed by atoms with van der Waals surface area (Å²) < 4.78 is 11.8. The second kappa shape index (κ2) is 7.21. The first-order chi connectivity index (χ1) is 15.0. The van der Waals surface area contributed by atoms with Gasteiger partial charge < -0.3 is 14.3 Å². The molecule has 3 heterocycles. The van der Waals surface area contributed by atoms with Crippen LogP contribution in [0.1, 0.15) is 27.7 Å². The third-order valence-electron chi connectivity index (χ3n) is 5.12. The Morgan fingerprint density at radius 1 is 1.13 bits per heavy atom. The SMILES string of the molecule is COc1cc(C2c3c(oc4ccc(Br)cc4c3=O)C(=O)N2c2ncccn2)ccc1O. The fourth-order valence-corrected chi connectivity index (χ4v) is 4.11. The molecule has 2 aromatic heterocycles. The van der Waals surface area contributed by atoms with Crippen molar-refractivity contribution in [2.45, 2.75) is 6.04 Å². The van der Waals surface area contributed by atoms with E-state index < -0.39 is 11.9 Å². The zero-order valence-corrected chi connectivity index (χ0v) is 17.7. The van der Waals surface area contributed by atoms with Crippen LogP contribution in [-0.4, -0.2) is 28.1 Å². The molecule has 0 aliphatic carbocycles. The third-order valence-corrected chi connectivity index (χ3v) is 5.61. The zero-order chi connectivity index (χ0) is 21.7. The number of benzene rings is 2. The number of aromatic nitrogens is 2. The average Bonchev–Trinajstić information content (AvgIpc) is 3.08. The van der Waals surface area contributed by atoms with Crippen molar-refractivity contribution in [3.05, 3.63) is 86.4 Å². The van der Waals surface area contributed by atoms with Crippen molar-refractivity contribution in [1.82, 2.24) is 9.97 Å². The number of methoxy groups -OCH3 is 1. The molecular weight excluding hydrogens is 466 g/mol. The molecule has 31 heavy (non-hydrogen) atoms. The molecule has 8 nitrogen and oxygen atoms in total. The summed E-state index contributed by atoms with van der Waals surface area (Å²) in [6.07, 6.45) is 3.02. The highest BCUT2D eigenvalue weighted by molar-refractivity contribution is 9.10. The maximum atomic E-state index is 13.5. The second-order valence-electron chi connectivity index (χ2n) is 6.87. The van der Waals surface area contributed by atoms with Crippen molar-refractivity contribution in [3.8, 4) is 11.5 Å². The number of carbonyl (C=O) groups excluding carboxylic acids is 1. The van der Waals surface area contributed by atoms with Gasteiger partial charge in [-0.2, -0.15) is 0 Å². The summed E-state index contributed by atoms with van der Waals surface area (Å²) in [5, 5.41) is 10.4. The van der Waals surface area contributed by atoms with Gasteiger partial charge in [0.25, 0.3) is 5.91 Å². The van der Waals surface area contributed by atoms with Gasteiger partial charge in [-0.1, -0.05) is 22.0 Å². The number of aromatic hydroxyl groups is 1. The first-order valence-corrected chi connectivity index (χ1v) is 10.0. The Morgan fingerprint density at radius 2 is 1.90 bits per heavy atom. The van der Waals surface area contributed by atoms with Crippen molar-refractivity contribution < 1.29 is 19.1 Å². The van der Waals surface area contributed by atoms with Gasteiger partial charge in [0, 0.05) is 16.9 Å². The number of anilines is 1. The van der Waals surface area contributed by atoms with E-state index in [1.54, 1.807) is 36.4 Å². The Morgan fingerprint density at radius 3 is 2.65 bits per heavy atom. The molecule has 0 spiro atoms. The predicted molar refractivity (Wildman–Crippen MR) is 116 cm³/mol. The van der Waals surface area contributed by atoms with E-state index in [9.17, 15) is 14.7 Å². The number of carbonyl (C=O) groups is 1. The van der Waals surface area contributed by atoms with Gasteiger partial charge >= 0.3 is 0 Å². The average molecular weight is 480 g/mol. The fraction of sp³-hybridized carbons (Fsp3) is 0.0909. The lowest BCUT2D eigenvalue weighted by Crippen LogP contribution is -2.31. The summed E-state index contributed by atoms with van der Waals surface area (Å²) in [7, 11) is 1.42. The number of rotatable bonds is 3. The number of ether oxygens (including phenoxy) is 1. The van der Waals surface area contributed by atoms with Crippen LogP contribution in [-0.2, 0) is 0 Å². The van der Waals surface area contributed by atoms with Crippen molar-refractivity contribution in [3.63, 3.8) is 0 Å². The Labute approximate surface area is 183 Å². The van der Waals surface area contributed by atoms with E-state index in [0.29, 0.717) is 21.0 Å². The molecule has 1 amide bonds. The van der Waals surface area contributed by atoms with Gasteiger partial charge in [0.05, 0.1) is 24.1 Å². The minimum absolute atomic E-state index is 0.0622. The Hall–Kier alpha value is -3.72. The number of hydrogen-bond donors (Lipinski definition) is 1. The lowest BCUT2D eigenvalue weighted by molar-refractivity contribution is 0.0969. The summed E-state index contributed by atoms with van der Waals surface area (Å²) in [5.41, 5.74) is 0.686. The van der Waals surface area contributed by atoms with Gasteiger partial charge in [0.1, 0.15) is 5.58 Å². The summed E-state index contributed by atoms with van der Waals surface area (Å²) in [5.74, 6) is -0.321. The van der Waals surface area contributed by atoms with E-state index in [0.717, 1.165) is 0 Å². The Balaban J connectivity index is 1.83. The van der Waals surface area contributed by atoms with Gasteiger partial charge in [-0.05, 0) is 42.0 Å². The number of fused-ring (bicyclic) bond motifs is 2. The van der Waals surface area contributed by atoms with Crippen LogP contribution in [0.5, 0.6) is 11.5 Å². The number of hydrogen-bond acceptors (Lipinski definition) is 7. The molecule has 1 aliphatic heterocycles. The number of amides is 1. The summed E-state index contributed by atoms with van der Waals surface area (Å²) in [6, 6.07) is 10.4. The minimum atomic E-state index is -0.862. The molecule has 0 saturated carbocycles. The topological polar surface area (TPSA) is 106 Å². The molecule has 0 saturated heterocycles. The molecule has 4 aromatic rings. The molecule has 0 fully saturated rings. The zero-order valence-electron chi connectivity index (χ0n) is 16.1. The molecule has 5 rings (SSSR count). The maximum Gasteiger partial charge on any atom is 0.297 e. The molecule has 1 N–H and O–H groups in total. The largest absolute Gasteiger partial charge is 0.504 e. The van der Waals surface area contributed by atoms with E-state index >= 15 is 0 Å². The smallest absolute Gasteiger partial charge is 0.297 e. The van der Waals surface area contributed by atoms with Crippen molar-refractivity contribution >= 4 is 38.8 Å². The third kappa shape index (κ3) is 2.97. The van der Waals surface area contributed by atoms with Gasteiger partial charge in [-0.15, -0.1) is 0 Å². The van der Waals surface area contributed by atoms with Gasteiger partial charge in [-0.3, -0.25) is 14.5 Å². The van der Waals surface area contributed by atoms with E-state index in [2.05, 4.69) is 25.9 Å². The van der Waals surface area contributed by atoms with Gasteiger partial charge in [0.2, 0.25) is 11.7 Å². The molecule has 1 unspecified atom stereocenters. The second-order valence-corrected chi connectivity index (χ2v) is 7.79. The van der Waals surface area contributed by atoms with Crippen LogP contribution in [0.2, 0.25) is 0 Å². The molecule has 2 aromatic carbocycles. The lowest BCUT2D eigenvalue weighted by atomic mass is 9.98. The van der Waals surface area contributed by atoms with Crippen molar-refractivity contribution in [2.24, 2.45) is 0 Å². The fourth-order valence-electron chi connectivity index (χ4n) is 3.75. The first-order valence-electron chi connectivity index (χ1n) is 9.23. The maximum absolute atomic E-state index is 13.5. The Kier molecular flexibility index (Phi) is 4.48. The standard InChI is InChI=1S/C22H14BrN3O5/c1-30-16-9-11(3-5-14(16)27)18-17-19(28)13-10-12(23)4-6-15(13)31-20(17)21(29)26(18)22-24-7-2-8-25-22/h2-10,18,27H,1H3. The summed E-state index contributed by atoms with van der Waals surface area (Å²) >= 11 is 3.37. The highest BCUT2D eigenvalue weighted by Crippen LogP contribution is 2.42. The van der Waals surface area contributed by atoms with E-state index in [1.807, 2.05) is 0 Å². The predicted octanol–water partition coefficient (Wildman–Crippen LogP) is 3.81. The highest BCUT2D eigenvalue weighted by atomic mass is 79.9. The molecule has 0 radical (unpaired) electrons. The van der Waals surface area contributed by atoms with Crippen LogP contribution >= 0.6 is 15.9 Å². The normalized spacial score (nSPS) is 15.4. The van der Waals surface area contributed by atoms with Crippen molar-refractivity contribution in [2.75, 3.05) is 12.0 Å².